The summed E-state index contributed by atoms with van der Waals surface area (Å²) in [5.41, 5.74) is 7.14. The van der Waals surface area contributed by atoms with Crippen molar-refractivity contribution in [2.24, 2.45) is 5.73 Å². The van der Waals surface area contributed by atoms with Gasteiger partial charge in [-0.25, -0.2) is 4.98 Å². The van der Waals surface area contributed by atoms with Crippen LogP contribution >= 0.6 is 0 Å². The molecule has 1 aliphatic rings. The number of fused-ring (bicyclic) bond motifs is 1. The van der Waals surface area contributed by atoms with Gasteiger partial charge in [0.2, 0.25) is 0 Å². The lowest BCUT2D eigenvalue weighted by atomic mass is 9.92. The summed E-state index contributed by atoms with van der Waals surface area (Å²) in [5, 5.41) is 0. The third-order valence-electron chi connectivity index (χ3n) is 3.04. The summed E-state index contributed by atoms with van der Waals surface area (Å²) < 4.78 is 2.34. The minimum atomic E-state index is 0.281. The van der Waals surface area contributed by atoms with Crippen molar-refractivity contribution < 1.29 is 0 Å². The van der Waals surface area contributed by atoms with Gasteiger partial charge < -0.3 is 10.3 Å². The van der Waals surface area contributed by atoms with E-state index in [4.69, 9.17) is 5.73 Å². The van der Waals surface area contributed by atoms with Crippen LogP contribution in [0.5, 0.6) is 0 Å². The monoisotopic (exact) mass is 193 g/mol. The molecule has 0 aromatic carbocycles. The molecule has 3 heteroatoms. The summed E-state index contributed by atoms with van der Waals surface area (Å²) in [7, 11) is 0. The fourth-order valence-electron chi connectivity index (χ4n) is 2.39. The molecule has 0 saturated carbocycles. The number of rotatable bonds is 2. The van der Waals surface area contributed by atoms with Gasteiger partial charge in [0.25, 0.3) is 0 Å². The van der Waals surface area contributed by atoms with Crippen molar-refractivity contribution in [1.29, 1.82) is 0 Å². The lowest BCUT2D eigenvalue weighted by Gasteiger charge is -2.25. The highest BCUT2D eigenvalue weighted by Crippen LogP contribution is 2.30. The fraction of sp³-hybridized carbons (Fsp3) is 0.727. The molecule has 1 aromatic heterocycles. The molecule has 0 amide bonds. The predicted molar refractivity (Wildman–Crippen MR) is 57.2 cm³/mol. The molecule has 0 radical (unpaired) electrons. The van der Waals surface area contributed by atoms with E-state index in [0.717, 1.165) is 13.0 Å². The van der Waals surface area contributed by atoms with Gasteiger partial charge in [-0.05, 0) is 33.1 Å². The average molecular weight is 193 g/mol. The maximum Gasteiger partial charge on any atom is 0.112 e. The first kappa shape index (κ1) is 9.71. The van der Waals surface area contributed by atoms with Crippen LogP contribution in [0.25, 0.3) is 0 Å². The zero-order valence-corrected chi connectivity index (χ0v) is 9.03. The zero-order valence-electron chi connectivity index (χ0n) is 9.03. The molecule has 2 heterocycles. The molecule has 3 nitrogen and oxygen atoms in total. The Morgan fingerprint density at radius 3 is 3.21 bits per heavy atom. The van der Waals surface area contributed by atoms with Crippen molar-refractivity contribution in [2.45, 2.75) is 51.6 Å². The van der Waals surface area contributed by atoms with Crippen LogP contribution < -0.4 is 5.73 Å². The first-order valence-corrected chi connectivity index (χ1v) is 5.46. The third-order valence-corrected chi connectivity index (χ3v) is 3.04. The smallest absolute Gasteiger partial charge is 0.112 e. The van der Waals surface area contributed by atoms with Crippen LogP contribution in [0.15, 0.2) is 6.20 Å². The van der Waals surface area contributed by atoms with Gasteiger partial charge in [-0.15, -0.1) is 0 Å². The Kier molecular flexibility index (Phi) is 2.59. The van der Waals surface area contributed by atoms with Crippen LogP contribution in [-0.4, -0.2) is 15.6 Å². The molecule has 2 atom stereocenters. The highest BCUT2D eigenvalue weighted by molar-refractivity contribution is 5.10. The van der Waals surface area contributed by atoms with Gasteiger partial charge in [0, 0.05) is 30.4 Å². The Balaban J connectivity index is 2.22. The van der Waals surface area contributed by atoms with Crippen LogP contribution in [0.4, 0.5) is 0 Å². The number of nitrogens with two attached hydrogens (primary N) is 1. The summed E-state index contributed by atoms with van der Waals surface area (Å²) in [6.07, 6.45) is 5.56. The van der Waals surface area contributed by atoms with Gasteiger partial charge in [0.15, 0.2) is 0 Å². The largest absolute Gasteiger partial charge is 0.332 e. The van der Waals surface area contributed by atoms with Crippen molar-refractivity contribution in [3.05, 3.63) is 17.7 Å². The second-order valence-electron chi connectivity index (χ2n) is 4.46. The Morgan fingerprint density at radius 2 is 2.50 bits per heavy atom. The topological polar surface area (TPSA) is 43.8 Å². The first-order valence-electron chi connectivity index (χ1n) is 5.46. The fourth-order valence-corrected chi connectivity index (χ4v) is 2.39. The van der Waals surface area contributed by atoms with E-state index in [9.17, 15) is 0 Å². The molecule has 78 valence electrons. The summed E-state index contributed by atoms with van der Waals surface area (Å²) in [4.78, 5) is 4.50. The second-order valence-corrected chi connectivity index (χ2v) is 4.46. The molecule has 1 aromatic rings. The van der Waals surface area contributed by atoms with Crippen LogP contribution in [0.3, 0.4) is 0 Å². The second kappa shape index (κ2) is 3.73. The molecular formula is C11H19N3. The van der Waals surface area contributed by atoms with Gasteiger partial charge in [-0.1, -0.05) is 0 Å². The molecule has 0 fully saturated rings. The molecule has 0 spiro atoms. The maximum absolute atomic E-state index is 5.85. The minimum absolute atomic E-state index is 0.281. The number of nitrogens with zero attached hydrogens (tertiary/aromatic N) is 2. The van der Waals surface area contributed by atoms with Crippen LogP contribution in [0, 0.1) is 6.92 Å². The normalized spacial score (nSPS) is 23.2. The molecule has 0 bridgehead atoms. The summed E-state index contributed by atoms with van der Waals surface area (Å²) >= 11 is 0. The summed E-state index contributed by atoms with van der Waals surface area (Å²) in [6.45, 7) is 5.34. The molecular weight excluding hydrogens is 174 g/mol. The number of hydrogen-bond donors (Lipinski definition) is 1. The highest BCUT2D eigenvalue weighted by atomic mass is 15.1. The van der Waals surface area contributed by atoms with E-state index >= 15 is 0 Å². The van der Waals surface area contributed by atoms with Gasteiger partial charge in [0.05, 0.1) is 0 Å². The van der Waals surface area contributed by atoms with Crippen molar-refractivity contribution in [3.63, 3.8) is 0 Å². The Morgan fingerprint density at radius 1 is 1.71 bits per heavy atom. The molecule has 2 unspecified atom stereocenters. The number of imidazole rings is 1. The van der Waals surface area contributed by atoms with E-state index in [1.165, 1.54) is 24.4 Å². The van der Waals surface area contributed by atoms with E-state index in [-0.39, 0.29) is 6.04 Å². The van der Waals surface area contributed by atoms with Crippen molar-refractivity contribution >= 4 is 0 Å². The van der Waals surface area contributed by atoms with E-state index in [0.29, 0.717) is 5.92 Å². The zero-order chi connectivity index (χ0) is 10.1. The minimum Gasteiger partial charge on any atom is -0.332 e. The molecule has 2 N–H and O–H groups in total. The van der Waals surface area contributed by atoms with Gasteiger partial charge in [-0.2, -0.15) is 0 Å². The van der Waals surface area contributed by atoms with Gasteiger partial charge >= 0.3 is 0 Å². The van der Waals surface area contributed by atoms with Crippen LogP contribution in [0.1, 0.15) is 43.6 Å². The molecule has 0 saturated heterocycles. The van der Waals surface area contributed by atoms with Gasteiger partial charge in [-0.3, -0.25) is 0 Å². The van der Waals surface area contributed by atoms with E-state index in [1.807, 2.05) is 6.20 Å². The third kappa shape index (κ3) is 1.69. The molecule has 0 aliphatic carbocycles. The van der Waals surface area contributed by atoms with Crippen molar-refractivity contribution in [3.8, 4) is 0 Å². The van der Waals surface area contributed by atoms with E-state index in [1.54, 1.807) is 0 Å². The molecule has 1 aliphatic heterocycles. The molecule has 2 rings (SSSR count). The summed E-state index contributed by atoms with van der Waals surface area (Å²) in [6, 6.07) is 0.281. The van der Waals surface area contributed by atoms with Gasteiger partial charge in [0.1, 0.15) is 5.82 Å². The Bertz CT molecular complexity index is 314. The average Bonchev–Trinajstić information content (AvgIpc) is 2.49. The predicted octanol–water partition coefficient (Wildman–Crippen LogP) is 1.81. The Hall–Kier alpha value is -0.830. The number of hydrogen-bond acceptors (Lipinski definition) is 2. The Labute approximate surface area is 85.3 Å². The lowest BCUT2D eigenvalue weighted by molar-refractivity contribution is 0.403. The SMILES string of the molecule is Cc1cnc2n1CCCC2CC(C)N. The van der Waals surface area contributed by atoms with E-state index < -0.39 is 0 Å². The highest BCUT2D eigenvalue weighted by Gasteiger charge is 2.23. The number of aryl methyl sites for hydroxylation is 1. The first-order chi connectivity index (χ1) is 6.68. The summed E-state index contributed by atoms with van der Waals surface area (Å²) in [5.74, 6) is 1.84. The van der Waals surface area contributed by atoms with Crippen molar-refractivity contribution in [1.82, 2.24) is 9.55 Å². The number of aromatic nitrogens is 2. The maximum atomic E-state index is 5.85. The lowest BCUT2D eigenvalue weighted by Crippen LogP contribution is -2.24. The quantitative estimate of drug-likeness (QED) is 0.778. The van der Waals surface area contributed by atoms with Crippen LogP contribution in [0.2, 0.25) is 0 Å². The van der Waals surface area contributed by atoms with E-state index in [2.05, 4.69) is 23.4 Å². The van der Waals surface area contributed by atoms with Crippen molar-refractivity contribution in [2.75, 3.05) is 0 Å². The molecule has 14 heavy (non-hydrogen) atoms. The standard InChI is InChI=1S/C11H19N3/c1-8(12)6-10-4-3-5-14-9(2)7-13-11(10)14/h7-8,10H,3-6,12H2,1-2H3. The van der Waals surface area contributed by atoms with Crippen LogP contribution in [-0.2, 0) is 6.54 Å².